The second kappa shape index (κ2) is 7.04. The minimum atomic E-state index is -1.17. The lowest BCUT2D eigenvalue weighted by Gasteiger charge is -2.20. The minimum Gasteiger partial charge on any atom is -0.478 e. The lowest BCUT2D eigenvalue weighted by molar-refractivity contribution is 0.0698. The predicted molar refractivity (Wildman–Crippen MR) is 85.5 cm³/mol. The summed E-state index contributed by atoms with van der Waals surface area (Å²) in [4.78, 5) is 23.3. The monoisotopic (exact) mass is 328 g/mol. The van der Waals surface area contributed by atoms with E-state index in [1.54, 1.807) is 17.8 Å². The van der Waals surface area contributed by atoms with Crippen LogP contribution in [0, 0.1) is 0 Å². The van der Waals surface area contributed by atoms with Crippen molar-refractivity contribution in [3.05, 3.63) is 28.8 Å². The Morgan fingerprint density at radius 1 is 1.38 bits per heavy atom. The van der Waals surface area contributed by atoms with Gasteiger partial charge in [-0.3, -0.25) is 0 Å². The van der Waals surface area contributed by atoms with Crippen LogP contribution >= 0.6 is 23.4 Å². The van der Waals surface area contributed by atoms with Crippen LogP contribution in [0.25, 0.3) is 0 Å². The number of aromatic carboxylic acids is 1. The van der Waals surface area contributed by atoms with E-state index in [-0.39, 0.29) is 22.3 Å². The third-order valence-corrected chi connectivity index (χ3v) is 5.03. The molecule has 7 heteroatoms. The van der Waals surface area contributed by atoms with E-state index in [9.17, 15) is 9.59 Å². The maximum atomic E-state index is 12.0. The number of thioether (sulfide) groups is 1. The molecule has 2 unspecified atom stereocenters. The Bertz CT molecular complexity index is 553. The SMILES string of the molecule is CSC1CCCC1NC(=O)Nc1cccc(Cl)c1C(=O)O. The Labute approximate surface area is 132 Å². The van der Waals surface area contributed by atoms with Crippen LogP contribution in [0.3, 0.4) is 0 Å². The molecule has 1 aliphatic rings. The van der Waals surface area contributed by atoms with Crippen LogP contribution in [0.5, 0.6) is 0 Å². The largest absolute Gasteiger partial charge is 0.478 e. The summed E-state index contributed by atoms with van der Waals surface area (Å²) in [6, 6.07) is 4.33. The zero-order valence-electron chi connectivity index (χ0n) is 11.6. The number of carbonyl (C=O) groups excluding carboxylic acids is 1. The summed E-state index contributed by atoms with van der Waals surface area (Å²) in [5, 5.41) is 15.2. The highest BCUT2D eigenvalue weighted by molar-refractivity contribution is 7.99. The highest BCUT2D eigenvalue weighted by Crippen LogP contribution is 2.29. The van der Waals surface area contributed by atoms with Crippen LogP contribution in [0.1, 0.15) is 29.6 Å². The Hall–Kier alpha value is -1.40. The molecule has 1 aromatic rings. The molecule has 1 fully saturated rings. The maximum Gasteiger partial charge on any atom is 0.339 e. The topological polar surface area (TPSA) is 78.4 Å². The van der Waals surface area contributed by atoms with Gasteiger partial charge in [0.15, 0.2) is 0 Å². The van der Waals surface area contributed by atoms with Gasteiger partial charge in [0, 0.05) is 11.3 Å². The number of carboxylic acid groups (broad SMARTS) is 1. The first-order chi connectivity index (χ1) is 10.0. The molecule has 0 heterocycles. The van der Waals surface area contributed by atoms with Crippen LogP contribution in [-0.2, 0) is 0 Å². The smallest absolute Gasteiger partial charge is 0.339 e. The van der Waals surface area contributed by atoms with Gasteiger partial charge in [-0.2, -0.15) is 11.8 Å². The molecule has 2 atom stereocenters. The number of amides is 2. The normalized spacial score (nSPS) is 21.0. The first-order valence-electron chi connectivity index (χ1n) is 6.65. The molecule has 1 aromatic carbocycles. The van der Waals surface area contributed by atoms with E-state index in [1.807, 2.05) is 6.26 Å². The molecule has 2 rings (SSSR count). The number of hydrogen-bond acceptors (Lipinski definition) is 3. The van der Waals surface area contributed by atoms with Crippen molar-refractivity contribution in [3.63, 3.8) is 0 Å². The molecular weight excluding hydrogens is 312 g/mol. The van der Waals surface area contributed by atoms with Crippen molar-refractivity contribution in [3.8, 4) is 0 Å². The molecule has 0 aromatic heterocycles. The van der Waals surface area contributed by atoms with Gasteiger partial charge in [0.1, 0.15) is 5.56 Å². The molecule has 21 heavy (non-hydrogen) atoms. The number of urea groups is 1. The molecule has 0 spiro atoms. The zero-order valence-corrected chi connectivity index (χ0v) is 13.1. The summed E-state index contributed by atoms with van der Waals surface area (Å²) in [5.74, 6) is -1.17. The lowest BCUT2D eigenvalue weighted by atomic mass is 10.2. The van der Waals surface area contributed by atoms with Gasteiger partial charge in [0.25, 0.3) is 0 Å². The fourth-order valence-electron chi connectivity index (χ4n) is 2.55. The van der Waals surface area contributed by atoms with Gasteiger partial charge >= 0.3 is 12.0 Å². The van der Waals surface area contributed by atoms with Crippen molar-refractivity contribution >= 4 is 41.1 Å². The van der Waals surface area contributed by atoms with Gasteiger partial charge < -0.3 is 15.7 Å². The summed E-state index contributed by atoms with van der Waals surface area (Å²) in [7, 11) is 0. The van der Waals surface area contributed by atoms with Crippen molar-refractivity contribution in [1.29, 1.82) is 0 Å². The number of anilines is 1. The number of halogens is 1. The van der Waals surface area contributed by atoms with Crippen LogP contribution in [-0.4, -0.2) is 34.7 Å². The molecule has 5 nitrogen and oxygen atoms in total. The average molecular weight is 329 g/mol. The highest BCUT2D eigenvalue weighted by Gasteiger charge is 2.28. The summed E-state index contributed by atoms with van der Waals surface area (Å²) in [6.07, 6.45) is 5.15. The van der Waals surface area contributed by atoms with Crippen LogP contribution in [0.4, 0.5) is 10.5 Å². The molecule has 0 saturated heterocycles. The van der Waals surface area contributed by atoms with Crippen LogP contribution in [0.15, 0.2) is 18.2 Å². The second-order valence-electron chi connectivity index (χ2n) is 4.88. The first kappa shape index (κ1) is 16.0. The van der Waals surface area contributed by atoms with E-state index in [2.05, 4.69) is 10.6 Å². The predicted octanol–water partition coefficient (Wildman–Crippen LogP) is 3.44. The fourth-order valence-corrected chi connectivity index (χ4v) is 3.74. The Morgan fingerprint density at radius 3 is 2.81 bits per heavy atom. The van der Waals surface area contributed by atoms with Gasteiger partial charge in [0.2, 0.25) is 0 Å². The van der Waals surface area contributed by atoms with Gasteiger partial charge in [-0.05, 0) is 31.2 Å². The van der Waals surface area contributed by atoms with Crippen molar-refractivity contribution in [1.82, 2.24) is 5.32 Å². The Balaban J connectivity index is 2.06. The summed E-state index contributed by atoms with van der Waals surface area (Å²) in [5.41, 5.74) is 0.105. The molecule has 1 aliphatic carbocycles. The average Bonchev–Trinajstić information content (AvgIpc) is 2.85. The molecule has 0 radical (unpaired) electrons. The van der Waals surface area contributed by atoms with Gasteiger partial charge in [0.05, 0.1) is 10.7 Å². The number of benzene rings is 1. The van der Waals surface area contributed by atoms with E-state index in [1.165, 1.54) is 12.1 Å². The van der Waals surface area contributed by atoms with Crippen LogP contribution < -0.4 is 10.6 Å². The molecule has 2 amide bonds. The Kier molecular flexibility index (Phi) is 5.36. The quantitative estimate of drug-likeness (QED) is 0.791. The van der Waals surface area contributed by atoms with E-state index in [0.717, 1.165) is 19.3 Å². The second-order valence-corrected chi connectivity index (χ2v) is 6.36. The number of hydrogen-bond donors (Lipinski definition) is 3. The summed E-state index contributed by atoms with van der Waals surface area (Å²) >= 11 is 7.61. The highest BCUT2D eigenvalue weighted by atomic mass is 35.5. The van der Waals surface area contributed by atoms with E-state index >= 15 is 0 Å². The lowest BCUT2D eigenvalue weighted by Crippen LogP contribution is -2.41. The van der Waals surface area contributed by atoms with Gasteiger partial charge in [-0.15, -0.1) is 0 Å². The molecule has 0 bridgehead atoms. The standard InChI is InChI=1S/C14H17ClN2O3S/c1-21-11-7-3-5-9(11)16-14(20)17-10-6-2-4-8(15)12(10)13(18)19/h2,4,6,9,11H,3,5,7H2,1H3,(H,18,19)(H2,16,17,20). The molecule has 114 valence electrons. The van der Waals surface area contributed by atoms with E-state index in [4.69, 9.17) is 16.7 Å². The fraction of sp³-hybridized carbons (Fsp3) is 0.429. The Morgan fingerprint density at radius 2 is 2.14 bits per heavy atom. The molecule has 1 saturated carbocycles. The zero-order chi connectivity index (χ0) is 15.4. The molecule has 3 N–H and O–H groups in total. The van der Waals surface area contributed by atoms with Gasteiger partial charge in [-0.1, -0.05) is 24.1 Å². The summed E-state index contributed by atoms with van der Waals surface area (Å²) in [6.45, 7) is 0. The van der Waals surface area contributed by atoms with E-state index in [0.29, 0.717) is 5.25 Å². The number of carbonyl (C=O) groups is 2. The van der Waals surface area contributed by atoms with Crippen molar-refractivity contribution < 1.29 is 14.7 Å². The van der Waals surface area contributed by atoms with Crippen molar-refractivity contribution in [2.75, 3.05) is 11.6 Å². The van der Waals surface area contributed by atoms with Gasteiger partial charge in [-0.25, -0.2) is 9.59 Å². The van der Waals surface area contributed by atoms with E-state index < -0.39 is 12.0 Å². The number of carboxylic acids is 1. The third-order valence-electron chi connectivity index (χ3n) is 3.55. The molecular formula is C14H17ClN2O3S. The third kappa shape index (κ3) is 3.83. The van der Waals surface area contributed by atoms with Crippen molar-refractivity contribution in [2.45, 2.75) is 30.6 Å². The number of rotatable bonds is 4. The maximum absolute atomic E-state index is 12.0. The van der Waals surface area contributed by atoms with Crippen LogP contribution in [0.2, 0.25) is 5.02 Å². The minimum absolute atomic E-state index is 0.0952. The summed E-state index contributed by atoms with van der Waals surface area (Å²) < 4.78 is 0. The molecule has 0 aliphatic heterocycles. The first-order valence-corrected chi connectivity index (χ1v) is 8.31. The van der Waals surface area contributed by atoms with Crippen molar-refractivity contribution in [2.24, 2.45) is 0 Å². The number of nitrogens with one attached hydrogen (secondary N) is 2.